The molecule has 0 saturated heterocycles. The highest BCUT2D eigenvalue weighted by atomic mass is 35.5. The molecule has 6 nitrogen and oxygen atoms in total. The third-order valence-electron chi connectivity index (χ3n) is 2.13. The van der Waals surface area contributed by atoms with Gasteiger partial charge in [-0.2, -0.15) is 10.6 Å². The number of hydrogen-bond donors (Lipinski definition) is 1. The van der Waals surface area contributed by atoms with E-state index in [2.05, 4.69) is 20.8 Å². The number of hydrogen-bond acceptors (Lipinski definition) is 5. The van der Waals surface area contributed by atoms with E-state index in [1.165, 1.54) is 4.91 Å². The van der Waals surface area contributed by atoms with Crippen molar-refractivity contribution in [3.63, 3.8) is 0 Å². The fourth-order valence-electron chi connectivity index (χ4n) is 1.40. The van der Waals surface area contributed by atoms with Crippen molar-refractivity contribution in [1.82, 2.24) is 20.6 Å². The Morgan fingerprint density at radius 2 is 2.00 bits per heavy atom. The summed E-state index contributed by atoms with van der Waals surface area (Å²) in [5.41, 5.74) is 2.79. The van der Waals surface area contributed by atoms with E-state index >= 15 is 0 Å². The van der Waals surface area contributed by atoms with E-state index in [9.17, 15) is 0 Å². The molecule has 3 rings (SSSR count). The van der Waals surface area contributed by atoms with Gasteiger partial charge in [0.15, 0.2) is 0 Å². The highest BCUT2D eigenvalue weighted by molar-refractivity contribution is 6.30. The zero-order valence-electron chi connectivity index (χ0n) is 8.08. The number of aromatic nitrogens is 3. The molecule has 2 heterocycles. The van der Waals surface area contributed by atoms with Gasteiger partial charge >= 0.3 is 0 Å². The summed E-state index contributed by atoms with van der Waals surface area (Å²) in [5.74, 6) is 0. The maximum absolute atomic E-state index is 5.87. The van der Waals surface area contributed by atoms with Crippen LogP contribution < -0.4 is 21.2 Å². The molecule has 16 heavy (non-hydrogen) atoms. The molecule has 1 aliphatic rings. The van der Waals surface area contributed by atoms with Crippen LogP contribution in [0.1, 0.15) is 0 Å². The normalized spacial score (nSPS) is 13.4. The highest BCUT2D eigenvalue weighted by Gasteiger charge is 2.05. The molecule has 7 heteroatoms. The summed E-state index contributed by atoms with van der Waals surface area (Å²) >= 11 is 5.87. The average molecular weight is 235 g/mol. The first-order valence-electron chi connectivity index (χ1n) is 4.59. The Labute approximate surface area is 95.4 Å². The molecule has 0 radical (unpaired) electrons. The van der Waals surface area contributed by atoms with Gasteiger partial charge in [0.1, 0.15) is 0 Å². The van der Waals surface area contributed by atoms with E-state index in [4.69, 9.17) is 11.6 Å². The Kier molecular flexibility index (Phi) is 2.00. The molecule has 2 aromatic rings. The monoisotopic (exact) mass is 234 g/mol. The van der Waals surface area contributed by atoms with Crippen molar-refractivity contribution in [2.75, 3.05) is 5.12 Å². The molecular weight excluding hydrogens is 228 g/mol. The molecule has 0 amide bonds. The molecular formula is C9H7ClN6. The number of benzene rings is 1. The van der Waals surface area contributed by atoms with Gasteiger partial charge in [-0.3, -0.25) is 0 Å². The Balaban J connectivity index is 2.10. The van der Waals surface area contributed by atoms with Gasteiger partial charge in [-0.1, -0.05) is 16.5 Å². The quantitative estimate of drug-likeness (QED) is 0.713. The Morgan fingerprint density at radius 1 is 1.19 bits per heavy atom. The van der Waals surface area contributed by atoms with Crippen LogP contribution in [0.2, 0.25) is 5.02 Å². The number of halogens is 1. The molecule has 0 unspecified atom stereocenters. The summed E-state index contributed by atoms with van der Waals surface area (Å²) in [5, 5.41) is 16.1. The highest BCUT2D eigenvalue weighted by Crippen LogP contribution is 2.00. The van der Waals surface area contributed by atoms with Crippen LogP contribution in [0.4, 0.5) is 0 Å². The number of nitrogens with one attached hydrogen (secondary N) is 1. The van der Waals surface area contributed by atoms with Crippen LogP contribution >= 0.6 is 11.6 Å². The van der Waals surface area contributed by atoms with Gasteiger partial charge in [0.2, 0.25) is 0 Å². The van der Waals surface area contributed by atoms with E-state index < -0.39 is 0 Å². The van der Waals surface area contributed by atoms with Crippen LogP contribution in [-0.2, 0) is 0 Å². The fraction of sp³-hybridized carbons (Fsp3) is 0. The van der Waals surface area contributed by atoms with E-state index in [0.29, 0.717) is 5.02 Å². The number of rotatable bonds is 1. The lowest BCUT2D eigenvalue weighted by Gasteiger charge is -2.18. The van der Waals surface area contributed by atoms with Crippen molar-refractivity contribution in [2.24, 2.45) is 5.10 Å². The zero-order valence-corrected chi connectivity index (χ0v) is 8.83. The van der Waals surface area contributed by atoms with E-state index in [-0.39, 0.29) is 0 Å². The Hall–Kier alpha value is -2.08. The van der Waals surface area contributed by atoms with Crippen molar-refractivity contribution in [1.29, 1.82) is 0 Å². The molecule has 0 fully saturated rings. The summed E-state index contributed by atoms with van der Waals surface area (Å²) < 4.78 is 0. The topological polar surface area (TPSA) is 58.3 Å². The lowest BCUT2D eigenvalue weighted by atomic mass is 10.3. The molecule has 0 bridgehead atoms. The second-order valence-corrected chi connectivity index (χ2v) is 3.62. The fourth-order valence-corrected chi connectivity index (χ4v) is 1.57. The van der Waals surface area contributed by atoms with Gasteiger partial charge in [0.05, 0.1) is 24.0 Å². The van der Waals surface area contributed by atoms with E-state index in [0.717, 1.165) is 10.6 Å². The van der Waals surface area contributed by atoms with Gasteiger partial charge in [0, 0.05) is 10.2 Å². The standard InChI is InChI=1S/C9H7ClN6/c10-8-2-1-7-6-15(14-13-9(7)5-8)16-11-3-4-12-16/h1-6,14H. The second-order valence-electron chi connectivity index (χ2n) is 3.19. The average Bonchev–Trinajstić information content (AvgIpc) is 2.82. The smallest absolute Gasteiger partial charge is 0.0953 e. The third-order valence-corrected chi connectivity index (χ3v) is 2.36. The van der Waals surface area contributed by atoms with Crippen LogP contribution in [0.3, 0.4) is 0 Å². The number of fused-ring (bicyclic) bond motifs is 1. The first-order chi connectivity index (χ1) is 7.83. The summed E-state index contributed by atoms with van der Waals surface area (Å²) in [4.78, 5) is 1.39. The molecule has 1 aromatic heterocycles. The molecule has 0 spiro atoms. The van der Waals surface area contributed by atoms with Crippen molar-refractivity contribution in [3.05, 3.63) is 46.2 Å². The van der Waals surface area contributed by atoms with Crippen molar-refractivity contribution < 1.29 is 0 Å². The first kappa shape index (κ1) is 9.17. The molecule has 0 atom stereocenters. The third kappa shape index (κ3) is 1.49. The van der Waals surface area contributed by atoms with Crippen molar-refractivity contribution in [3.8, 4) is 0 Å². The van der Waals surface area contributed by atoms with Gasteiger partial charge in [0.25, 0.3) is 0 Å². The zero-order chi connectivity index (χ0) is 11.0. The van der Waals surface area contributed by atoms with Gasteiger partial charge in [-0.25, -0.2) is 0 Å². The predicted molar refractivity (Wildman–Crippen MR) is 58.1 cm³/mol. The minimum Gasteiger partial charge on any atom is -0.196 e. The molecule has 0 saturated carbocycles. The van der Waals surface area contributed by atoms with Crippen LogP contribution in [0.15, 0.2) is 35.7 Å². The SMILES string of the molecule is Clc1ccc2c(c1)=NNN(n1nccn1)C=2. The largest absolute Gasteiger partial charge is 0.196 e. The first-order valence-corrected chi connectivity index (χ1v) is 4.97. The Bertz CT molecular complexity index is 620. The van der Waals surface area contributed by atoms with Crippen LogP contribution in [0, 0.1) is 0 Å². The van der Waals surface area contributed by atoms with E-state index in [1.807, 2.05) is 18.3 Å². The molecule has 1 aliphatic heterocycles. The minimum absolute atomic E-state index is 0.656. The molecule has 0 aliphatic carbocycles. The molecule has 1 aromatic carbocycles. The number of nitrogens with zero attached hydrogens (tertiary/aromatic N) is 5. The maximum atomic E-state index is 5.87. The number of hydrazine groups is 1. The van der Waals surface area contributed by atoms with Gasteiger partial charge in [-0.05, 0) is 18.2 Å². The van der Waals surface area contributed by atoms with Crippen LogP contribution in [-0.4, -0.2) is 15.1 Å². The van der Waals surface area contributed by atoms with Gasteiger partial charge in [-0.15, -0.1) is 15.3 Å². The summed E-state index contributed by atoms with van der Waals surface area (Å²) in [6, 6.07) is 5.49. The lowest BCUT2D eigenvalue weighted by Crippen LogP contribution is -2.48. The lowest BCUT2D eigenvalue weighted by molar-refractivity contribution is 0.474. The van der Waals surface area contributed by atoms with Crippen LogP contribution in [0.25, 0.3) is 6.20 Å². The Morgan fingerprint density at radius 3 is 2.81 bits per heavy atom. The van der Waals surface area contributed by atoms with Crippen molar-refractivity contribution in [2.45, 2.75) is 0 Å². The predicted octanol–water partition coefficient (Wildman–Crippen LogP) is -0.640. The second kappa shape index (κ2) is 3.49. The molecule has 1 N–H and O–H groups in total. The molecule has 80 valence electrons. The maximum Gasteiger partial charge on any atom is 0.0953 e. The van der Waals surface area contributed by atoms with Gasteiger partial charge < -0.3 is 0 Å². The minimum atomic E-state index is 0.656. The summed E-state index contributed by atoms with van der Waals surface area (Å²) in [7, 11) is 0. The van der Waals surface area contributed by atoms with E-state index in [1.54, 1.807) is 23.6 Å². The summed E-state index contributed by atoms with van der Waals surface area (Å²) in [6.07, 6.45) is 5.01. The van der Waals surface area contributed by atoms with Crippen LogP contribution in [0.5, 0.6) is 0 Å². The van der Waals surface area contributed by atoms with Crippen molar-refractivity contribution >= 4 is 17.8 Å². The summed E-state index contributed by atoms with van der Waals surface area (Å²) in [6.45, 7) is 0.